The molecule has 0 bridgehead atoms. The van der Waals surface area contributed by atoms with Gasteiger partial charge in [-0.2, -0.15) is 0 Å². The van der Waals surface area contributed by atoms with Gasteiger partial charge in [0.2, 0.25) is 0 Å². The fraction of sp³-hybridized carbons (Fsp3) is 0.556. The molecule has 5 heteroatoms. The van der Waals surface area contributed by atoms with Crippen LogP contribution in [-0.2, 0) is 0 Å². The molecule has 0 fully saturated rings. The van der Waals surface area contributed by atoms with Crippen LogP contribution in [0.3, 0.4) is 0 Å². The molecule has 1 rings (SSSR count). The van der Waals surface area contributed by atoms with Gasteiger partial charge >= 0.3 is 0 Å². The Morgan fingerprint density at radius 2 is 2.43 bits per heavy atom. The minimum absolute atomic E-state index is 0.519. The summed E-state index contributed by atoms with van der Waals surface area (Å²) in [5.74, 6) is 1.21. The molecule has 1 unspecified atom stereocenters. The van der Waals surface area contributed by atoms with E-state index in [2.05, 4.69) is 22.2 Å². The second kappa shape index (κ2) is 5.78. The molecular formula is C9H15ClN4. The third-order valence-electron chi connectivity index (χ3n) is 1.95. The van der Waals surface area contributed by atoms with Crippen molar-refractivity contribution in [1.29, 1.82) is 0 Å². The van der Waals surface area contributed by atoms with E-state index in [1.54, 1.807) is 6.20 Å². The van der Waals surface area contributed by atoms with E-state index in [1.165, 1.54) is 6.33 Å². The van der Waals surface area contributed by atoms with Gasteiger partial charge in [0, 0.05) is 6.54 Å². The predicted molar refractivity (Wildman–Crippen MR) is 58.4 cm³/mol. The maximum absolute atomic E-state index is 5.87. The smallest absolute Gasteiger partial charge is 0.148 e. The van der Waals surface area contributed by atoms with Crippen molar-refractivity contribution in [3.8, 4) is 0 Å². The van der Waals surface area contributed by atoms with Crippen LogP contribution >= 0.6 is 11.6 Å². The maximum Gasteiger partial charge on any atom is 0.148 e. The van der Waals surface area contributed by atoms with Gasteiger partial charge in [-0.3, -0.25) is 0 Å². The van der Waals surface area contributed by atoms with E-state index < -0.39 is 0 Å². The van der Waals surface area contributed by atoms with Crippen molar-refractivity contribution in [1.82, 2.24) is 9.97 Å². The monoisotopic (exact) mass is 214 g/mol. The summed E-state index contributed by atoms with van der Waals surface area (Å²) in [7, 11) is 0. The fourth-order valence-electron chi connectivity index (χ4n) is 1.10. The highest BCUT2D eigenvalue weighted by Gasteiger charge is 2.03. The highest BCUT2D eigenvalue weighted by molar-refractivity contribution is 6.32. The average molecular weight is 215 g/mol. The topological polar surface area (TPSA) is 63.8 Å². The van der Waals surface area contributed by atoms with Gasteiger partial charge < -0.3 is 11.1 Å². The highest BCUT2D eigenvalue weighted by atomic mass is 35.5. The molecule has 0 aliphatic carbocycles. The van der Waals surface area contributed by atoms with E-state index in [-0.39, 0.29) is 0 Å². The van der Waals surface area contributed by atoms with Crippen LogP contribution in [0.1, 0.15) is 13.3 Å². The van der Waals surface area contributed by atoms with Crippen LogP contribution in [0.15, 0.2) is 12.5 Å². The van der Waals surface area contributed by atoms with Gasteiger partial charge in [-0.05, 0) is 18.9 Å². The highest BCUT2D eigenvalue weighted by Crippen LogP contribution is 2.16. The number of rotatable bonds is 5. The Kier molecular flexibility index (Phi) is 4.62. The van der Waals surface area contributed by atoms with E-state index >= 15 is 0 Å². The van der Waals surface area contributed by atoms with Crippen LogP contribution in [0.4, 0.5) is 5.82 Å². The molecule has 0 saturated heterocycles. The second-order valence-corrected chi connectivity index (χ2v) is 3.69. The molecule has 78 valence electrons. The van der Waals surface area contributed by atoms with Gasteiger partial charge in [0.15, 0.2) is 0 Å². The maximum atomic E-state index is 5.87. The quantitative estimate of drug-likeness (QED) is 0.780. The average Bonchev–Trinajstić information content (AvgIpc) is 2.17. The lowest BCUT2D eigenvalue weighted by Gasteiger charge is -2.12. The van der Waals surface area contributed by atoms with Crippen molar-refractivity contribution in [2.45, 2.75) is 13.3 Å². The zero-order valence-corrected chi connectivity index (χ0v) is 8.96. The number of hydrogen-bond acceptors (Lipinski definition) is 4. The molecule has 0 saturated carbocycles. The minimum atomic E-state index is 0.519. The first-order valence-corrected chi connectivity index (χ1v) is 5.01. The van der Waals surface area contributed by atoms with Gasteiger partial charge in [-0.15, -0.1) is 0 Å². The van der Waals surface area contributed by atoms with Crippen molar-refractivity contribution in [3.63, 3.8) is 0 Å². The van der Waals surface area contributed by atoms with Crippen molar-refractivity contribution >= 4 is 17.4 Å². The SMILES string of the molecule is CC(CCN)CNc1ncncc1Cl. The minimum Gasteiger partial charge on any atom is -0.368 e. The number of nitrogens with two attached hydrogens (primary N) is 1. The Morgan fingerprint density at radius 3 is 3.07 bits per heavy atom. The molecule has 0 aliphatic rings. The Balaban J connectivity index is 2.41. The van der Waals surface area contributed by atoms with Crippen LogP contribution in [0.5, 0.6) is 0 Å². The molecule has 1 heterocycles. The molecule has 4 nitrogen and oxygen atoms in total. The first-order valence-electron chi connectivity index (χ1n) is 4.63. The van der Waals surface area contributed by atoms with E-state index in [0.717, 1.165) is 13.0 Å². The van der Waals surface area contributed by atoms with Crippen LogP contribution in [0.25, 0.3) is 0 Å². The number of nitrogens with zero attached hydrogens (tertiary/aromatic N) is 2. The third-order valence-corrected chi connectivity index (χ3v) is 2.22. The summed E-state index contributed by atoms with van der Waals surface area (Å²) in [6, 6.07) is 0. The lowest BCUT2D eigenvalue weighted by atomic mass is 10.1. The first kappa shape index (κ1) is 11.2. The van der Waals surface area contributed by atoms with Crippen molar-refractivity contribution in [2.24, 2.45) is 11.7 Å². The Morgan fingerprint density at radius 1 is 1.64 bits per heavy atom. The molecule has 0 radical (unpaired) electrons. The van der Waals surface area contributed by atoms with E-state index in [0.29, 0.717) is 23.3 Å². The Hall–Kier alpha value is -0.870. The molecular weight excluding hydrogens is 200 g/mol. The lowest BCUT2D eigenvalue weighted by Crippen LogP contribution is -2.15. The molecule has 1 aromatic heterocycles. The number of hydrogen-bond donors (Lipinski definition) is 2. The Bertz CT molecular complexity index is 279. The predicted octanol–water partition coefficient (Wildman–Crippen LogP) is 1.53. The number of anilines is 1. The van der Waals surface area contributed by atoms with Crippen molar-refractivity contribution < 1.29 is 0 Å². The van der Waals surface area contributed by atoms with E-state index in [4.69, 9.17) is 17.3 Å². The van der Waals surface area contributed by atoms with Gasteiger partial charge in [0.05, 0.1) is 6.20 Å². The molecule has 0 aromatic carbocycles. The molecule has 0 aliphatic heterocycles. The summed E-state index contributed by atoms with van der Waals surface area (Å²) in [5.41, 5.74) is 5.45. The molecule has 3 N–H and O–H groups in total. The van der Waals surface area contributed by atoms with Gasteiger partial charge in [-0.25, -0.2) is 9.97 Å². The summed E-state index contributed by atoms with van der Waals surface area (Å²) in [6.45, 7) is 3.67. The van der Waals surface area contributed by atoms with Crippen LogP contribution < -0.4 is 11.1 Å². The second-order valence-electron chi connectivity index (χ2n) is 3.28. The fourth-order valence-corrected chi connectivity index (χ4v) is 1.27. The number of halogens is 1. The summed E-state index contributed by atoms with van der Waals surface area (Å²) < 4.78 is 0. The lowest BCUT2D eigenvalue weighted by molar-refractivity contribution is 0.567. The molecule has 1 atom stereocenters. The summed E-state index contributed by atoms with van der Waals surface area (Å²) in [5, 5.41) is 3.71. The molecule has 1 aromatic rings. The largest absolute Gasteiger partial charge is 0.368 e. The van der Waals surface area contributed by atoms with Crippen molar-refractivity contribution in [3.05, 3.63) is 17.5 Å². The van der Waals surface area contributed by atoms with Crippen LogP contribution in [-0.4, -0.2) is 23.1 Å². The van der Waals surface area contributed by atoms with Crippen molar-refractivity contribution in [2.75, 3.05) is 18.4 Å². The number of aromatic nitrogens is 2. The van der Waals surface area contributed by atoms with Gasteiger partial charge in [-0.1, -0.05) is 18.5 Å². The first-order chi connectivity index (χ1) is 6.74. The summed E-state index contributed by atoms with van der Waals surface area (Å²) in [4.78, 5) is 7.83. The van der Waals surface area contributed by atoms with Gasteiger partial charge in [0.1, 0.15) is 17.2 Å². The summed E-state index contributed by atoms with van der Waals surface area (Å²) in [6.07, 6.45) is 4.04. The third kappa shape index (κ3) is 3.47. The molecule has 0 spiro atoms. The van der Waals surface area contributed by atoms with Crippen LogP contribution in [0, 0.1) is 5.92 Å². The van der Waals surface area contributed by atoms with E-state index in [1.807, 2.05) is 0 Å². The van der Waals surface area contributed by atoms with Crippen LogP contribution in [0.2, 0.25) is 5.02 Å². The molecule has 0 amide bonds. The van der Waals surface area contributed by atoms with E-state index in [9.17, 15) is 0 Å². The molecule has 14 heavy (non-hydrogen) atoms. The summed E-state index contributed by atoms with van der Waals surface area (Å²) >= 11 is 5.87. The Labute approximate surface area is 88.9 Å². The number of nitrogens with one attached hydrogen (secondary N) is 1. The zero-order chi connectivity index (χ0) is 10.4. The normalized spacial score (nSPS) is 12.5. The zero-order valence-electron chi connectivity index (χ0n) is 8.20. The standard InChI is InChI=1S/C9H15ClN4/c1-7(2-3-11)4-13-9-8(10)5-12-6-14-9/h5-7H,2-4,11H2,1H3,(H,12,13,14). The van der Waals surface area contributed by atoms with Gasteiger partial charge in [0.25, 0.3) is 0 Å².